The third-order valence-corrected chi connectivity index (χ3v) is 11.1. The van der Waals surface area contributed by atoms with E-state index in [4.69, 9.17) is 0 Å². The summed E-state index contributed by atoms with van der Waals surface area (Å²) in [4.78, 5) is 0. The van der Waals surface area contributed by atoms with Crippen LogP contribution in [-0.2, 0) is 0 Å². The Morgan fingerprint density at radius 3 is 2.09 bits per heavy atom. The van der Waals surface area contributed by atoms with Gasteiger partial charge in [0.15, 0.2) is 0 Å². The van der Waals surface area contributed by atoms with Gasteiger partial charge in [0.1, 0.15) is 0 Å². The third kappa shape index (κ3) is 4.97. The summed E-state index contributed by atoms with van der Waals surface area (Å²) in [5.74, 6) is 1.32. The number of hydrogen-bond donors (Lipinski definition) is 0. The molecule has 168 valence electrons. The van der Waals surface area contributed by atoms with Crippen LogP contribution in [0.15, 0.2) is 66.7 Å². The van der Waals surface area contributed by atoms with Gasteiger partial charge in [-0.05, 0) is 91.6 Å². The van der Waals surface area contributed by atoms with Crippen molar-refractivity contribution in [3.05, 3.63) is 106 Å². The fraction of sp³-hybridized carbons (Fsp3) is 0.387. The monoisotopic (exact) mass is 442 g/mol. The van der Waals surface area contributed by atoms with E-state index in [-0.39, 0.29) is 0 Å². The van der Waals surface area contributed by atoms with Crippen LogP contribution >= 0.6 is 7.55 Å². The van der Waals surface area contributed by atoms with Gasteiger partial charge in [0.25, 0.3) is 0 Å². The summed E-state index contributed by atoms with van der Waals surface area (Å²) in [5.41, 5.74) is 11.0. The Balaban J connectivity index is 1.93. The van der Waals surface area contributed by atoms with Crippen molar-refractivity contribution < 1.29 is 0 Å². The van der Waals surface area contributed by atoms with Crippen molar-refractivity contribution >= 4 is 12.8 Å². The fourth-order valence-electron chi connectivity index (χ4n) is 5.75. The molecule has 0 amide bonds. The van der Waals surface area contributed by atoms with Crippen LogP contribution in [0.1, 0.15) is 77.2 Å². The Labute approximate surface area is 196 Å². The maximum absolute atomic E-state index is 2.45. The molecule has 1 heteroatoms. The minimum absolute atomic E-state index is 0.596. The molecule has 0 aliphatic carbocycles. The highest BCUT2D eigenvalue weighted by Crippen LogP contribution is 2.57. The van der Waals surface area contributed by atoms with Crippen LogP contribution in [0, 0.1) is 33.6 Å². The molecule has 0 fully saturated rings. The van der Waals surface area contributed by atoms with E-state index < -0.39 is 7.55 Å². The van der Waals surface area contributed by atoms with Crippen molar-refractivity contribution in [2.45, 2.75) is 66.0 Å². The number of benzene rings is 3. The van der Waals surface area contributed by atoms with Gasteiger partial charge < -0.3 is 0 Å². The maximum atomic E-state index is 2.45. The van der Waals surface area contributed by atoms with Crippen molar-refractivity contribution in [2.24, 2.45) is 5.92 Å². The molecule has 32 heavy (non-hydrogen) atoms. The average Bonchev–Trinajstić information content (AvgIpc) is 2.75. The van der Waals surface area contributed by atoms with Gasteiger partial charge in [-0.2, -0.15) is 0 Å². The molecule has 0 saturated heterocycles. The first kappa shape index (κ1) is 23.1. The minimum atomic E-state index is -0.721. The van der Waals surface area contributed by atoms with E-state index in [2.05, 4.69) is 108 Å². The van der Waals surface area contributed by atoms with Crippen LogP contribution in [0.25, 0.3) is 0 Å². The van der Waals surface area contributed by atoms with E-state index in [1.807, 2.05) is 0 Å². The molecule has 3 unspecified atom stereocenters. The second kappa shape index (κ2) is 9.84. The number of hydrogen-bond acceptors (Lipinski definition) is 0. The van der Waals surface area contributed by atoms with E-state index in [1.54, 1.807) is 16.4 Å². The molecule has 0 spiro atoms. The summed E-state index contributed by atoms with van der Waals surface area (Å²) < 4.78 is 0. The second-order valence-corrected chi connectivity index (χ2v) is 13.1. The highest BCUT2D eigenvalue weighted by Gasteiger charge is 2.32. The van der Waals surface area contributed by atoms with E-state index >= 15 is 0 Å². The first-order valence-electron chi connectivity index (χ1n) is 12.2. The molecule has 0 N–H and O–H groups in total. The lowest BCUT2D eigenvalue weighted by molar-refractivity contribution is 0.621. The van der Waals surface area contributed by atoms with E-state index in [9.17, 15) is 0 Å². The second-order valence-electron chi connectivity index (χ2n) is 10.4. The molecule has 1 aliphatic rings. The molecule has 3 aromatic carbocycles. The predicted octanol–water partition coefficient (Wildman–Crippen LogP) is 8.63. The quantitative estimate of drug-likeness (QED) is 0.347. The van der Waals surface area contributed by atoms with Crippen LogP contribution in [-0.4, -0.2) is 11.5 Å². The SMILES string of the molecule is Cc1ccc(C2=[PH](CC(C)C)C(c3ccc(C)cc3C)CC(c3ccccc3)C2)c(C)c1. The molecular weight excluding hydrogens is 403 g/mol. The van der Waals surface area contributed by atoms with Crippen molar-refractivity contribution in [1.29, 1.82) is 0 Å². The minimum Gasteiger partial charge on any atom is -0.106 e. The van der Waals surface area contributed by atoms with Crippen molar-refractivity contribution in [3.63, 3.8) is 0 Å². The Morgan fingerprint density at radius 1 is 0.812 bits per heavy atom. The van der Waals surface area contributed by atoms with Crippen LogP contribution in [0.5, 0.6) is 0 Å². The molecule has 3 atom stereocenters. The van der Waals surface area contributed by atoms with E-state index in [0.717, 1.165) is 5.92 Å². The lowest BCUT2D eigenvalue weighted by atomic mass is 9.85. The molecule has 1 aliphatic heterocycles. The predicted molar refractivity (Wildman–Crippen MR) is 145 cm³/mol. The molecular formula is C31H39P. The van der Waals surface area contributed by atoms with E-state index in [1.165, 1.54) is 46.8 Å². The summed E-state index contributed by atoms with van der Waals surface area (Å²) in [6.45, 7) is 13.9. The molecule has 0 aromatic heterocycles. The third-order valence-electron chi connectivity index (χ3n) is 7.19. The zero-order valence-corrected chi connectivity index (χ0v) is 21.7. The van der Waals surface area contributed by atoms with Gasteiger partial charge in [0, 0.05) is 5.66 Å². The van der Waals surface area contributed by atoms with Crippen LogP contribution in [0.4, 0.5) is 0 Å². The van der Waals surface area contributed by atoms with Gasteiger partial charge in [0.05, 0.1) is 0 Å². The highest BCUT2D eigenvalue weighted by molar-refractivity contribution is 7.60. The summed E-state index contributed by atoms with van der Waals surface area (Å²) >= 11 is 0. The zero-order chi connectivity index (χ0) is 22.8. The maximum Gasteiger partial charge on any atom is 0.00264 e. The smallest absolute Gasteiger partial charge is 0.00264 e. The zero-order valence-electron chi connectivity index (χ0n) is 20.7. The summed E-state index contributed by atoms with van der Waals surface area (Å²) in [7, 11) is -0.721. The molecule has 0 nitrogen and oxygen atoms in total. The van der Waals surface area contributed by atoms with Crippen LogP contribution in [0.3, 0.4) is 0 Å². The van der Waals surface area contributed by atoms with Gasteiger partial charge >= 0.3 is 0 Å². The Kier molecular flexibility index (Phi) is 7.11. The molecule has 4 rings (SSSR count). The van der Waals surface area contributed by atoms with Crippen molar-refractivity contribution in [1.82, 2.24) is 0 Å². The molecule has 3 aromatic rings. The van der Waals surface area contributed by atoms with Gasteiger partial charge in [-0.25, -0.2) is 0 Å². The van der Waals surface area contributed by atoms with Crippen LogP contribution in [0.2, 0.25) is 0 Å². The summed E-state index contributed by atoms with van der Waals surface area (Å²) in [6.07, 6.45) is 3.85. The Morgan fingerprint density at radius 2 is 1.47 bits per heavy atom. The molecule has 0 bridgehead atoms. The number of aryl methyl sites for hydroxylation is 4. The molecule has 0 saturated carbocycles. The normalized spacial score (nSPS) is 21.2. The fourth-order valence-corrected chi connectivity index (χ4v) is 9.98. The van der Waals surface area contributed by atoms with Crippen molar-refractivity contribution in [2.75, 3.05) is 6.16 Å². The average molecular weight is 443 g/mol. The van der Waals surface area contributed by atoms with Gasteiger partial charge in [-0.15, -0.1) is 7.55 Å². The largest absolute Gasteiger partial charge is 0.106 e. The van der Waals surface area contributed by atoms with Crippen LogP contribution < -0.4 is 0 Å². The highest BCUT2D eigenvalue weighted by atomic mass is 31.1. The lowest BCUT2D eigenvalue weighted by Crippen LogP contribution is -2.20. The summed E-state index contributed by atoms with van der Waals surface area (Å²) in [6, 6.07) is 25.6. The molecule has 1 heterocycles. The van der Waals surface area contributed by atoms with E-state index in [0.29, 0.717) is 11.6 Å². The first-order valence-corrected chi connectivity index (χ1v) is 14.0. The first-order chi connectivity index (χ1) is 15.3. The standard InChI is InChI=1S/C31H39P/c1-21(2)20-32-30(28-14-12-22(3)16-24(28)5)18-27(26-10-8-7-9-11-26)19-31(32)29-15-13-23(4)17-25(29)6/h7-17,21,27,30,32H,18-20H2,1-6H3. The Hall–Kier alpha value is -2.04. The van der Waals surface area contributed by atoms with Gasteiger partial charge in [0.2, 0.25) is 0 Å². The number of rotatable bonds is 5. The van der Waals surface area contributed by atoms with Gasteiger partial charge in [-0.1, -0.05) is 91.7 Å². The Bertz CT molecular complexity index is 1120. The van der Waals surface area contributed by atoms with Gasteiger partial charge in [-0.3, -0.25) is 0 Å². The summed E-state index contributed by atoms with van der Waals surface area (Å²) in [5, 5.41) is 1.78. The lowest BCUT2D eigenvalue weighted by Gasteiger charge is -2.38. The molecule has 0 radical (unpaired) electrons. The van der Waals surface area contributed by atoms with Crippen molar-refractivity contribution in [3.8, 4) is 0 Å². The topological polar surface area (TPSA) is 0 Å².